The minimum Gasteiger partial charge on any atom is -0.375 e. The van der Waals surface area contributed by atoms with Crippen LogP contribution in [-0.2, 0) is 27.8 Å². The molecule has 1 fully saturated rings. The molecule has 5 heteroatoms. The molecule has 0 aliphatic carbocycles. The van der Waals surface area contributed by atoms with Gasteiger partial charge in [0.05, 0.1) is 19.0 Å². The maximum atomic E-state index is 12.7. The molecule has 0 bridgehead atoms. The molecule has 134 valence electrons. The lowest BCUT2D eigenvalue weighted by Crippen LogP contribution is -2.40. The van der Waals surface area contributed by atoms with E-state index < -0.39 is 10.0 Å². The quantitative estimate of drug-likeness (QED) is 0.727. The van der Waals surface area contributed by atoms with Gasteiger partial charge in [-0.25, -0.2) is 8.42 Å². The summed E-state index contributed by atoms with van der Waals surface area (Å²) in [5, 5.41) is 0. The fourth-order valence-electron chi connectivity index (χ4n) is 3.24. The van der Waals surface area contributed by atoms with Gasteiger partial charge in [0.1, 0.15) is 0 Å². The van der Waals surface area contributed by atoms with E-state index >= 15 is 0 Å². The first-order valence-electron chi connectivity index (χ1n) is 8.80. The lowest BCUT2D eigenvalue weighted by molar-refractivity contribution is 0.0873. The number of rotatable bonds is 8. The third-order valence-electron chi connectivity index (χ3n) is 4.59. The van der Waals surface area contributed by atoms with Crippen molar-refractivity contribution in [3.63, 3.8) is 0 Å². The maximum absolute atomic E-state index is 12.7. The molecule has 0 saturated carbocycles. The molecule has 1 saturated heterocycles. The number of hydrogen-bond acceptors (Lipinski definition) is 3. The van der Waals surface area contributed by atoms with E-state index in [-0.39, 0.29) is 11.8 Å². The summed E-state index contributed by atoms with van der Waals surface area (Å²) in [6.45, 7) is 1.59. The molecule has 1 aliphatic rings. The Morgan fingerprint density at radius 1 is 0.960 bits per heavy atom. The van der Waals surface area contributed by atoms with Crippen molar-refractivity contribution >= 4 is 10.0 Å². The highest BCUT2D eigenvalue weighted by Gasteiger charge is 2.33. The zero-order valence-corrected chi connectivity index (χ0v) is 15.2. The monoisotopic (exact) mass is 359 g/mol. The van der Waals surface area contributed by atoms with Crippen LogP contribution in [0.5, 0.6) is 0 Å². The zero-order chi connectivity index (χ0) is 17.5. The van der Waals surface area contributed by atoms with E-state index in [1.165, 1.54) is 0 Å². The predicted octanol–water partition coefficient (Wildman–Crippen LogP) is 3.24. The molecule has 25 heavy (non-hydrogen) atoms. The van der Waals surface area contributed by atoms with Crippen molar-refractivity contribution in [2.45, 2.75) is 31.9 Å². The van der Waals surface area contributed by atoms with E-state index in [4.69, 9.17) is 4.74 Å². The van der Waals surface area contributed by atoms with Crippen molar-refractivity contribution in [3.05, 3.63) is 71.8 Å². The average Bonchev–Trinajstić information content (AvgIpc) is 3.11. The highest BCUT2D eigenvalue weighted by molar-refractivity contribution is 7.89. The van der Waals surface area contributed by atoms with E-state index in [0.29, 0.717) is 26.2 Å². The summed E-state index contributed by atoms with van der Waals surface area (Å²) in [7, 11) is -3.25. The summed E-state index contributed by atoms with van der Waals surface area (Å²) >= 11 is 0. The van der Waals surface area contributed by atoms with Crippen LogP contribution in [0.2, 0.25) is 0 Å². The van der Waals surface area contributed by atoms with Crippen molar-refractivity contribution in [3.8, 4) is 0 Å². The summed E-state index contributed by atoms with van der Waals surface area (Å²) in [6.07, 6.45) is 2.33. The fraction of sp³-hybridized carbons (Fsp3) is 0.400. The Hall–Kier alpha value is -1.69. The molecule has 4 nitrogen and oxygen atoms in total. The Morgan fingerprint density at radius 2 is 1.60 bits per heavy atom. The van der Waals surface area contributed by atoms with Gasteiger partial charge in [-0.3, -0.25) is 0 Å². The molecule has 0 aromatic heterocycles. The number of ether oxygens (including phenoxy) is 1. The first kappa shape index (κ1) is 18.1. The summed E-state index contributed by atoms with van der Waals surface area (Å²) < 4.78 is 32.9. The van der Waals surface area contributed by atoms with Gasteiger partial charge in [0.2, 0.25) is 10.0 Å². The van der Waals surface area contributed by atoms with E-state index in [0.717, 1.165) is 24.0 Å². The number of hydrogen-bond donors (Lipinski definition) is 0. The summed E-state index contributed by atoms with van der Waals surface area (Å²) in [5.74, 6) is 0.159. The minimum atomic E-state index is -3.25. The molecule has 0 radical (unpaired) electrons. The third kappa shape index (κ3) is 5.14. The Bertz CT molecular complexity index is 747. The molecule has 0 unspecified atom stereocenters. The van der Waals surface area contributed by atoms with Gasteiger partial charge in [-0.15, -0.1) is 0 Å². The Kier molecular flexibility index (Phi) is 6.24. The largest absolute Gasteiger partial charge is 0.375 e. The fourth-order valence-corrected chi connectivity index (χ4v) is 4.99. The van der Waals surface area contributed by atoms with Gasteiger partial charge < -0.3 is 4.74 Å². The van der Waals surface area contributed by atoms with Crippen LogP contribution in [0.25, 0.3) is 0 Å². The number of aryl methyl sites for hydroxylation is 1. The van der Waals surface area contributed by atoms with Crippen LogP contribution < -0.4 is 0 Å². The Labute approximate surface area is 150 Å². The summed E-state index contributed by atoms with van der Waals surface area (Å²) in [6, 6.07) is 19.7. The second kappa shape index (κ2) is 8.61. The van der Waals surface area contributed by atoms with Crippen LogP contribution in [-0.4, -0.2) is 37.7 Å². The molecule has 0 spiro atoms. The Morgan fingerprint density at radius 3 is 2.28 bits per heavy atom. The van der Waals surface area contributed by atoms with Crippen molar-refractivity contribution in [2.75, 3.05) is 18.9 Å². The van der Waals surface area contributed by atoms with Crippen LogP contribution in [0.15, 0.2) is 60.7 Å². The van der Waals surface area contributed by atoms with Gasteiger partial charge in [0.15, 0.2) is 0 Å². The van der Waals surface area contributed by atoms with E-state index in [1.807, 2.05) is 60.7 Å². The standard InChI is InChI=1S/C20H25NO3S/c22-25(23,15-13-18-8-3-1-4-9-18)21-14-7-12-20(21)17-24-16-19-10-5-2-6-11-19/h1-6,8-11,20H,7,12-17H2/t20-/m0/s1. The second-order valence-electron chi connectivity index (χ2n) is 6.46. The van der Waals surface area contributed by atoms with Crippen LogP contribution in [0.4, 0.5) is 0 Å². The first-order valence-corrected chi connectivity index (χ1v) is 10.4. The van der Waals surface area contributed by atoms with E-state index in [1.54, 1.807) is 4.31 Å². The van der Waals surface area contributed by atoms with E-state index in [2.05, 4.69) is 0 Å². The molecule has 1 atom stereocenters. The highest BCUT2D eigenvalue weighted by atomic mass is 32.2. The molecule has 3 rings (SSSR count). The van der Waals surface area contributed by atoms with Crippen LogP contribution in [0.1, 0.15) is 24.0 Å². The van der Waals surface area contributed by atoms with Crippen LogP contribution >= 0.6 is 0 Å². The third-order valence-corrected chi connectivity index (χ3v) is 6.51. The molecule has 2 aromatic rings. The van der Waals surface area contributed by atoms with Gasteiger partial charge >= 0.3 is 0 Å². The van der Waals surface area contributed by atoms with Crippen LogP contribution in [0, 0.1) is 0 Å². The minimum absolute atomic E-state index is 0.0375. The van der Waals surface area contributed by atoms with Gasteiger partial charge in [-0.2, -0.15) is 4.31 Å². The summed E-state index contributed by atoms with van der Waals surface area (Å²) in [4.78, 5) is 0. The first-order chi connectivity index (χ1) is 12.1. The predicted molar refractivity (Wildman–Crippen MR) is 99.8 cm³/mol. The summed E-state index contributed by atoms with van der Waals surface area (Å²) in [5.41, 5.74) is 2.17. The molecule has 1 heterocycles. The number of benzene rings is 2. The van der Waals surface area contributed by atoms with Crippen molar-refractivity contribution in [2.24, 2.45) is 0 Å². The van der Waals surface area contributed by atoms with Crippen molar-refractivity contribution < 1.29 is 13.2 Å². The van der Waals surface area contributed by atoms with Crippen molar-refractivity contribution in [1.29, 1.82) is 0 Å². The van der Waals surface area contributed by atoms with E-state index in [9.17, 15) is 8.42 Å². The smallest absolute Gasteiger partial charge is 0.214 e. The lowest BCUT2D eigenvalue weighted by Gasteiger charge is -2.24. The molecule has 2 aromatic carbocycles. The zero-order valence-electron chi connectivity index (χ0n) is 14.4. The highest BCUT2D eigenvalue weighted by Crippen LogP contribution is 2.22. The van der Waals surface area contributed by atoms with Crippen LogP contribution in [0.3, 0.4) is 0 Å². The molecule has 0 amide bonds. The normalized spacial score (nSPS) is 18.5. The average molecular weight is 359 g/mol. The second-order valence-corrected chi connectivity index (χ2v) is 8.50. The van der Waals surface area contributed by atoms with Crippen molar-refractivity contribution in [1.82, 2.24) is 4.31 Å². The Balaban J connectivity index is 1.52. The number of sulfonamides is 1. The lowest BCUT2D eigenvalue weighted by atomic mass is 10.2. The van der Waals surface area contributed by atoms with Gasteiger partial charge in [-0.1, -0.05) is 60.7 Å². The van der Waals surface area contributed by atoms with Gasteiger partial charge in [-0.05, 0) is 30.4 Å². The maximum Gasteiger partial charge on any atom is 0.214 e. The molecular formula is C20H25NO3S. The van der Waals surface area contributed by atoms with Gasteiger partial charge in [0, 0.05) is 12.6 Å². The van der Waals surface area contributed by atoms with Gasteiger partial charge in [0.25, 0.3) is 0 Å². The molecular weight excluding hydrogens is 334 g/mol. The number of nitrogens with zero attached hydrogens (tertiary/aromatic N) is 1. The molecule has 1 aliphatic heterocycles. The molecule has 0 N–H and O–H groups in total. The topological polar surface area (TPSA) is 46.6 Å². The SMILES string of the molecule is O=S(=O)(CCc1ccccc1)N1CCC[C@H]1COCc1ccccc1.